The predicted molar refractivity (Wildman–Crippen MR) is 120 cm³/mol. The number of hydrogen-bond acceptors (Lipinski definition) is 4. The second-order valence-electron chi connectivity index (χ2n) is 9.71. The van der Waals surface area contributed by atoms with E-state index in [-0.39, 0.29) is 36.9 Å². The highest BCUT2D eigenvalue weighted by Gasteiger charge is 2.40. The van der Waals surface area contributed by atoms with Crippen molar-refractivity contribution in [3.05, 3.63) is 0 Å². The molecule has 174 valence electrons. The van der Waals surface area contributed by atoms with Gasteiger partial charge in [-0.05, 0) is 57.3 Å². The van der Waals surface area contributed by atoms with Crippen LogP contribution in [0, 0.1) is 17.3 Å². The lowest BCUT2D eigenvalue weighted by Crippen LogP contribution is -2.46. The molecule has 1 atom stereocenters. The molecular weight excluding hydrogens is 380 g/mol. The summed E-state index contributed by atoms with van der Waals surface area (Å²) in [6.45, 7) is 10.4. The molecule has 1 spiro atoms. The fraction of sp³-hybridized carbons (Fsp3) is 0.875. The van der Waals surface area contributed by atoms with Crippen LogP contribution in [-0.4, -0.2) is 54.8 Å². The van der Waals surface area contributed by atoms with Gasteiger partial charge < -0.3 is 15.0 Å². The number of nitrogens with one attached hydrogen (secondary N) is 1. The Morgan fingerprint density at radius 1 is 1.03 bits per heavy atom. The van der Waals surface area contributed by atoms with E-state index in [1.165, 1.54) is 0 Å². The number of carbonyl (C=O) groups is 3. The highest BCUT2D eigenvalue weighted by Crippen LogP contribution is 2.46. The standard InChI is InChI=1S/C24H42N2O4.H2/c1-5-19(4)25-23(29)20-6-10-24(11-7-20)12-14-26(15-13-24)22(28)9-17-30-16-8-21(27)18(2)3;/h18-20H,5-17H2,1-4H3,(H,25,29);1H. The van der Waals surface area contributed by atoms with Crippen molar-refractivity contribution in [3.8, 4) is 0 Å². The number of ether oxygens (including phenoxy) is 1. The molecule has 1 heterocycles. The number of likely N-dealkylation sites (tertiary alicyclic amines) is 1. The normalized spacial score (nSPS) is 20.4. The molecule has 1 aliphatic carbocycles. The molecule has 1 unspecified atom stereocenters. The third-order valence-electron chi connectivity index (χ3n) is 7.19. The Labute approximate surface area is 184 Å². The molecule has 1 N–H and O–H groups in total. The maximum Gasteiger partial charge on any atom is 0.224 e. The van der Waals surface area contributed by atoms with Gasteiger partial charge >= 0.3 is 0 Å². The predicted octanol–water partition coefficient (Wildman–Crippen LogP) is 3.97. The molecule has 30 heavy (non-hydrogen) atoms. The zero-order valence-corrected chi connectivity index (χ0v) is 19.5. The third-order valence-corrected chi connectivity index (χ3v) is 7.19. The molecule has 2 aliphatic rings. The molecule has 0 bridgehead atoms. The van der Waals surface area contributed by atoms with Gasteiger partial charge in [0.05, 0.1) is 19.6 Å². The van der Waals surface area contributed by atoms with Crippen molar-refractivity contribution in [2.75, 3.05) is 26.3 Å². The number of carbonyl (C=O) groups excluding carboxylic acids is 3. The first kappa shape index (κ1) is 24.8. The van der Waals surface area contributed by atoms with Crippen molar-refractivity contribution in [2.24, 2.45) is 17.3 Å². The molecule has 2 amide bonds. The topological polar surface area (TPSA) is 75.7 Å². The maximum atomic E-state index is 12.5. The summed E-state index contributed by atoms with van der Waals surface area (Å²) in [5, 5.41) is 3.13. The van der Waals surface area contributed by atoms with Crippen LogP contribution in [0.4, 0.5) is 0 Å². The van der Waals surface area contributed by atoms with Gasteiger partial charge in [0.15, 0.2) is 0 Å². The first-order valence-corrected chi connectivity index (χ1v) is 11.9. The number of nitrogens with zero attached hydrogens (tertiary/aromatic N) is 1. The van der Waals surface area contributed by atoms with Crippen LogP contribution in [0.15, 0.2) is 0 Å². The van der Waals surface area contributed by atoms with Crippen LogP contribution in [0.3, 0.4) is 0 Å². The van der Waals surface area contributed by atoms with Crippen LogP contribution in [-0.2, 0) is 19.1 Å². The van der Waals surface area contributed by atoms with Gasteiger partial charge in [-0.3, -0.25) is 14.4 Å². The highest BCUT2D eigenvalue weighted by molar-refractivity contribution is 5.80. The lowest BCUT2D eigenvalue weighted by atomic mass is 9.65. The Morgan fingerprint density at radius 2 is 1.63 bits per heavy atom. The lowest BCUT2D eigenvalue weighted by Gasteiger charge is -2.45. The van der Waals surface area contributed by atoms with Gasteiger partial charge in [-0.2, -0.15) is 0 Å². The average molecular weight is 425 g/mol. The van der Waals surface area contributed by atoms with Gasteiger partial charge in [0.1, 0.15) is 5.78 Å². The van der Waals surface area contributed by atoms with Crippen LogP contribution >= 0.6 is 0 Å². The number of ketones is 1. The molecule has 0 radical (unpaired) electrons. The summed E-state index contributed by atoms with van der Waals surface area (Å²) in [6.07, 6.45) is 8.01. The summed E-state index contributed by atoms with van der Waals surface area (Å²) in [5.74, 6) is 0.780. The zero-order chi connectivity index (χ0) is 22.1. The first-order valence-electron chi connectivity index (χ1n) is 11.9. The van der Waals surface area contributed by atoms with Crippen LogP contribution in [0.2, 0.25) is 0 Å². The fourth-order valence-electron chi connectivity index (χ4n) is 4.57. The minimum Gasteiger partial charge on any atom is -0.380 e. The Hall–Kier alpha value is -1.43. The molecule has 1 saturated carbocycles. The van der Waals surface area contributed by atoms with Crippen LogP contribution in [0.5, 0.6) is 0 Å². The van der Waals surface area contributed by atoms with Gasteiger partial charge in [-0.15, -0.1) is 0 Å². The second kappa shape index (κ2) is 11.8. The number of hydrogen-bond donors (Lipinski definition) is 1. The summed E-state index contributed by atoms with van der Waals surface area (Å²) < 4.78 is 5.49. The fourth-order valence-corrected chi connectivity index (χ4v) is 4.57. The van der Waals surface area contributed by atoms with Crippen molar-refractivity contribution in [3.63, 3.8) is 0 Å². The Kier molecular flexibility index (Phi) is 9.79. The first-order chi connectivity index (χ1) is 14.3. The summed E-state index contributed by atoms with van der Waals surface area (Å²) in [5.41, 5.74) is 0.317. The summed E-state index contributed by atoms with van der Waals surface area (Å²) in [7, 11) is 0. The van der Waals surface area contributed by atoms with Crippen molar-refractivity contribution in [1.82, 2.24) is 10.2 Å². The number of Topliss-reactive ketones (excluding diaryl/α,β-unsaturated/α-hetero) is 1. The van der Waals surface area contributed by atoms with Crippen LogP contribution < -0.4 is 5.32 Å². The van der Waals surface area contributed by atoms with Gasteiger partial charge in [-0.25, -0.2) is 0 Å². The maximum absolute atomic E-state index is 12.5. The molecule has 2 fully saturated rings. The number of piperidine rings is 1. The van der Waals surface area contributed by atoms with Gasteiger partial charge in [0.2, 0.25) is 11.8 Å². The third kappa shape index (κ3) is 7.36. The largest absolute Gasteiger partial charge is 0.380 e. The van der Waals surface area contributed by atoms with E-state index in [2.05, 4.69) is 19.2 Å². The molecule has 6 heteroatoms. The molecule has 2 rings (SSSR count). The minimum absolute atomic E-state index is 0. The summed E-state index contributed by atoms with van der Waals surface area (Å²) >= 11 is 0. The van der Waals surface area contributed by atoms with E-state index in [9.17, 15) is 14.4 Å². The Morgan fingerprint density at radius 3 is 2.20 bits per heavy atom. The van der Waals surface area contributed by atoms with E-state index in [1.807, 2.05) is 18.7 Å². The zero-order valence-electron chi connectivity index (χ0n) is 19.5. The molecule has 0 aromatic heterocycles. The molecule has 0 aromatic carbocycles. The van der Waals surface area contributed by atoms with Gasteiger partial charge in [0, 0.05) is 38.8 Å². The van der Waals surface area contributed by atoms with E-state index in [0.29, 0.717) is 31.5 Å². The van der Waals surface area contributed by atoms with Crippen molar-refractivity contribution in [2.45, 2.75) is 91.5 Å². The Balaban J connectivity index is 0.00000480. The highest BCUT2D eigenvalue weighted by atomic mass is 16.5. The summed E-state index contributed by atoms with van der Waals surface area (Å²) in [4.78, 5) is 38.4. The quantitative estimate of drug-likeness (QED) is 0.539. The summed E-state index contributed by atoms with van der Waals surface area (Å²) in [6, 6.07) is 0.252. The molecule has 1 aliphatic heterocycles. The average Bonchev–Trinajstić information content (AvgIpc) is 2.74. The molecule has 6 nitrogen and oxygen atoms in total. The van der Waals surface area contributed by atoms with E-state index in [0.717, 1.165) is 58.0 Å². The van der Waals surface area contributed by atoms with Gasteiger partial charge in [-0.1, -0.05) is 20.8 Å². The van der Waals surface area contributed by atoms with E-state index in [4.69, 9.17) is 4.74 Å². The monoisotopic (exact) mass is 424 g/mol. The smallest absolute Gasteiger partial charge is 0.224 e. The van der Waals surface area contributed by atoms with Crippen molar-refractivity contribution in [1.29, 1.82) is 0 Å². The number of rotatable bonds is 10. The van der Waals surface area contributed by atoms with Crippen LogP contribution in [0.1, 0.15) is 86.9 Å². The number of amides is 2. The van der Waals surface area contributed by atoms with Crippen molar-refractivity contribution >= 4 is 17.6 Å². The van der Waals surface area contributed by atoms with E-state index in [1.54, 1.807) is 0 Å². The van der Waals surface area contributed by atoms with Crippen molar-refractivity contribution < 1.29 is 20.5 Å². The van der Waals surface area contributed by atoms with E-state index >= 15 is 0 Å². The Bertz CT molecular complexity index is 578. The molecular formula is C24H44N2O4. The minimum atomic E-state index is 0. The lowest BCUT2D eigenvalue weighted by molar-refractivity contribution is -0.135. The SMILES string of the molecule is CCC(C)NC(=O)C1CCC2(CC1)CCN(C(=O)CCOCCC(=O)C(C)C)CC2.[HH]. The van der Waals surface area contributed by atoms with Crippen LogP contribution in [0.25, 0.3) is 0 Å². The van der Waals surface area contributed by atoms with E-state index < -0.39 is 0 Å². The molecule has 0 aromatic rings. The molecule has 1 saturated heterocycles. The second-order valence-corrected chi connectivity index (χ2v) is 9.71. The van der Waals surface area contributed by atoms with Gasteiger partial charge in [0.25, 0.3) is 0 Å².